The third-order valence-corrected chi connectivity index (χ3v) is 3.61. The standard InChI is InChI=1S/C18H23FN2O3/c1-5-14(24-6-2)15-12-9-11(7-8-13(12)21-17(15)23)16(22)20-10-18(3,4)19/h7-9H,5-6,10H2,1-4H3,(H,20,22)(H,21,23)/b15-14-. The molecule has 0 aliphatic carbocycles. The van der Waals surface area contributed by atoms with Crippen LogP contribution in [-0.2, 0) is 9.53 Å². The molecule has 1 aliphatic heterocycles. The molecule has 0 aromatic heterocycles. The van der Waals surface area contributed by atoms with Crippen LogP contribution in [0.1, 0.15) is 50.0 Å². The molecule has 130 valence electrons. The summed E-state index contributed by atoms with van der Waals surface area (Å²) in [5.41, 5.74) is 0.619. The second-order valence-electron chi connectivity index (χ2n) is 6.20. The number of rotatable bonds is 6. The predicted molar refractivity (Wildman–Crippen MR) is 91.4 cm³/mol. The maximum Gasteiger partial charge on any atom is 0.259 e. The lowest BCUT2D eigenvalue weighted by Crippen LogP contribution is -2.35. The minimum atomic E-state index is -1.49. The molecule has 0 saturated carbocycles. The third-order valence-electron chi connectivity index (χ3n) is 3.61. The van der Waals surface area contributed by atoms with Gasteiger partial charge in [0, 0.05) is 23.2 Å². The summed E-state index contributed by atoms with van der Waals surface area (Å²) in [7, 11) is 0. The van der Waals surface area contributed by atoms with Crippen LogP contribution in [0, 0.1) is 0 Å². The van der Waals surface area contributed by atoms with Gasteiger partial charge in [-0.1, -0.05) is 6.92 Å². The number of anilines is 1. The van der Waals surface area contributed by atoms with E-state index in [1.807, 2.05) is 13.8 Å². The summed E-state index contributed by atoms with van der Waals surface area (Å²) >= 11 is 0. The molecule has 1 aromatic carbocycles. The fraction of sp³-hybridized carbons (Fsp3) is 0.444. The monoisotopic (exact) mass is 334 g/mol. The molecule has 0 saturated heterocycles. The first kappa shape index (κ1) is 18.0. The van der Waals surface area contributed by atoms with Gasteiger partial charge in [0.25, 0.3) is 11.8 Å². The highest BCUT2D eigenvalue weighted by molar-refractivity contribution is 6.32. The number of nitrogens with one attached hydrogen (secondary N) is 2. The van der Waals surface area contributed by atoms with E-state index in [4.69, 9.17) is 4.74 Å². The number of benzene rings is 1. The van der Waals surface area contributed by atoms with Gasteiger partial charge in [-0.3, -0.25) is 9.59 Å². The first-order valence-electron chi connectivity index (χ1n) is 8.05. The molecule has 1 heterocycles. The molecule has 0 fully saturated rings. The van der Waals surface area contributed by atoms with Crippen molar-refractivity contribution in [2.24, 2.45) is 0 Å². The van der Waals surface area contributed by atoms with Crippen molar-refractivity contribution in [1.82, 2.24) is 5.32 Å². The quantitative estimate of drug-likeness (QED) is 0.620. The summed E-state index contributed by atoms with van der Waals surface area (Å²) in [6.07, 6.45) is 0.572. The molecule has 6 heteroatoms. The fourth-order valence-corrected chi connectivity index (χ4v) is 2.50. The van der Waals surface area contributed by atoms with Gasteiger partial charge in [-0.25, -0.2) is 4.39 Å². The normalized spacial score (nSPS) is 15.6. The van der Waals surface area contributed by atoms with Crippen LogP contribution in [0.5, 0.6) is 0 Å². The van der Waals surface area contributed by atoms with Crippen LogP contribution in [0.15, 0.2) is 24.0 Å². The number of hydrogen-bond acceptors (Lipinski definition) is 3. The summed E-state index contributed by atoms with van der Waals surface area (Å²) in [4.78, 5) is 24.5. The van der Waals surface area contributed by atoms with Crippen LogP contribution < -0.4 is 10.6 Å². The Kier molecular flexibility index (Phi) is 5.26. The zero-order valence-corrected chi connectivity index (χ0v) is 14.5. The first-order chi connectivity index (χ1) is 11.3. The molecule has 24 heavy (non-hydrogen) atoms. The molecule has 2 amide bonds. The second kappa shape index (κ2) is 7.03. The Morgan fingerprint density at radius 3 is 2.62 bits per heavy atom. The second-order valence-corrected chi connectivity index (χ2v) is 6.20. The minimum absolute atomic E-state index is 0.0814. The summed E-state index contributed by atoms with van der Waals surface area (Å²) in [5, 5.41) is 5.33. The molecule has 0 spiro atoms. The van der Waals surface area contributed by atoms with Crippen LogP contribution in [0.2, 0.25) is 0 Å². The summed E-state index contributed by atoms with van der Waals surface area (Å²) in [6.45, 7) is 6.93. The Morgan fingerprint density at radius 1 is 1.33 bits per heavy atom. The van der Waals surface area contributed by atoms with Gasteiger partial charge in [0.1, 0.15) is 11.4 Å². The average Bonchev–Trinajstić information content (AvgIpc) is 2.84. The van der Waals surface area contributed by atoms with Crippen molar-refractivity contribution >= 4 is 23.1 Å². The molecule has 5 nitrogen and oxygen atoms in total. The molecular weight excluding hydrogens is 311 g/mol. The van der Waals surface area contributed by atoms with E-state index < -0.39 is 5.67 Å². The van der Waals surface area contributed by atoms with Crippen LogP contribution in [0.25, 0.3) is 5.57 Å². The van der Waals surface area contributed by atoms with E-state index in [2.05, 4.69) is 10.6 Å². The lowest BCUT2D eigenvalue weighted by atomic mass is 10.0. The average molecular weight is 334 g/mol. The van der Waals surface area contributed by atoms with Crippen molar-refractivity contribution in [3.8, 4) is 0 Å². The van der Waals surface area contributed by atoms with Gasteiger partial charge in [-0.05, 0) is 39.0 Å². The van der Waals surface area contributed by atoms with E-state index in [9.17, 15) is 14.0 Å². The van der Waals surface area contributed by atoms with E-state index in [1.54, 1.807) is 18.2 Å². The highest BCUT2D eigenvalue weighted by atomic mass is 19.1. The molecule has 0 radical (unpaired) electrons. The van der Waals surface area contributed by atoms with E-state index >= 15 is 0 Å². The molecule has 0 unspecified atom stereocenters. The van der Waals surface area contributed by atoms with Gasteiger partial charge in [-0.15, -0.1) is 0 Å². The Balaban J connectivity index is 2.35. The lowest BCUT2D eigenvalue weighted by Gasteiger charge is -2.15. The summed E-state index contributed by atoms with van der Waals surface area (Å²) in [5.74, 6) is -0.0226. The van der Waals surface area contributed by atoms with Crippen LogP contribution in [0.3, 0.4) is 0 Å². The zero-order valence-electron chi connectivity index (χ0n) is 14.5. The Labute approximate surface area is 141 Å². The number of carbonyl (C=O) groups is 2. The number of alkyl halides is 1. The first-order valence-corrected chi connectivity index (χ1v) is 8.05. The summed E-state index contributed by atoms with van der Waals surface area (Å²) < 4.78 is 19.1. The van der Waals surface area contributed by atoms with Crippen molar-refractivity contribution < 1.29 is 18.7 Å². The predicted octanol–water partition coefficient (Wildman–Crippen LogP) is 3.27. The largest absolute Gasteiger partial charge is 0.497 e. The van der Waals surface area contributed by atoms with Crippen molar-refractivity contribution in [3.63, 3.8) is 0 Å². The van der Waals surface area contributed by atoms with E-state index in [0.717, 1.165) is 0 Å². The van der Waals surface area contributed by atoms with E-state index in [0.29, 0.717) is 41.2 Å². The number of ether oxygens (including phenoxy) is 1. The van der Waals surface area contributed by atoms with Crippen molar-refractivity contribution in [2.75, 3.05) is 18.5 Å². The Morgan fingerprint density at radius 2 is 2.04 bits per heavy atom. The maximum absolute atomic E-state index is 13.5. The Hall–Kier alpha value is -2.37. The van der Waals surface area contributed by atoms with Gasteiger partial charge in [-0.2, -0.15) is 0 Å². The van der Waals surface area contributed by atoms with E-state index in [-0.39, 0.29) is 18.4 Å². The number of allylic oxidation sites excluding steroid dienone is 1. The third kappa shape index (κ3) is 3.93. The topological polar surface area (TPSA) is 67.4 Å². The minimum Gasteiger partial charge on any atom is -0.497 e. The number of hydrogen-bond donors (Lipinski definition) is 2. The molecule has 1 aromatic rings. The van der Waals surface area contributed by atoms with Gasteiger partial charge in [0.05, 0.1) is 18.7 Å². The smallest absolute Gasteiger partial charge is 0.259 e. The lowest BCUT2D eigenvalue weighted by molar-refractivity contribution is -0.111. The number of amides is 2. The molecule has 0 atom stereocenters. The SMILES string of the molecule is CCO/C(CC)=C1\C(=O)Nc2ccc(C(=O)NCC(C)(C)F)cc21. The van der Waals surface area contributed by atoms with Crippen LogP contribution in [0.4, 0.5) is 10.1 Å². The van der Waals surface area contributed by atoms with Gasteiger partial charge < -0.3 is 15.4 Å². The molecule has 2 rings (SSSR count). The maximum atomic E-state index is 13.5. The van der Waals surface area contributed by atoms with Crippen LogP contribution >= 0.6 is 0 Å². The number of halogens is 1. The Bertz CT molecular complexity index is 690. The van der Waals surface area contributed by atoms with Gasteiger partial charge in [0.2, 0.25) is 0 Å². The molecular formula is C18H23FN2O3. The zero-order chi connectivity index (χ0) is 17.9. The highest BCUT2D eigenvalue weighted by Gasteiger charge is 2.29. The molecule has 2 N–H and O–H groups in total. The van der Waals surface area contributed by atoms with Gasteiger partial charge >= 0.3 is 0 Å². The van der Waals surface area contributed by atoms with Crippen molar-refractivity contribution in [2.45, 2.75) is 39.8 Å². The molecule has 0 bridgehead atoms. The van der Waals surface area contributed by atoms with Crippen molar-refractivity contribution in [3.05, 3.63) is 35.1 Å². The van der Waals surface area contributed by atoms with Crippen molar-refractivity contribution in [1.29, 1.82) is 0 Å². The van der Waals surface area contributed by atoms with Gasteiger partial charge in [0.15, 0.2) is 0 Å². The summed E-state index contributed by atoms with van der Waals surface area (Å²) in [6, 6.07) is 4.92. The van der Waals surface area contributed by atoms with Crippen LogP contribution in [-0.4, -0.2) is 30.6 Å². The number of fused-ring (bicyclic) bond motifs is 1. The number of carbonyl (C=O) groups excluding carboxylic acids is 2. The van der Waals surface area contributed by atoms with E-state index in [1.165, 1.54) is 13.8 Å². The highest BCUT2D eigenvalue weighted by Crippen LogP contribution is 2.35. The fourth-order valence-electron chi connectivity index (χ4n) is 2.50. The molecule has 1 aliphatic rings.